The van der Waals surface area contributed by atoms with Gasteiger partial charge in [-0.2, -0.15) is 0 Å². The normalized spacial score (nSPS) is 15.9. The van der Waals surface area contributed by atoms with Crippen LogP contribution in [0.3, 0.4) is 0 Å². The van der Waals surface area contributed by atoms with E-state index in [0.717, 1.165) is 41.1 Å². The number of fused-ring (bicyclic) bond motifs is 1. The number of aromatic nitrogens is 1. The van der Waals surface area contributed by atoms with Gasteiger partial charge in [-0.15, -0.1) is 0 Å². The SMILES string of the molecule is O=C(O)CCCCCCN1C(=O)S/C(=C\c2ccc3ncccc3c2)C1=O. The number of rotatable bonds is 8. The maximum absolute atomic E-state index is 12.5. The molecule has 2 amide bonds. The molecule has 1 aliphatic heterocycles. The zero-order valence-corrected chi connectivity index (χ0v) is 15.6. The van der Waals surface area contributed by atoms with Gasteiger partial charge in [0.1, 0.15) is 0 Å². The van der Waals surface area contributed by atoms with Crippen LogP contribution in [0, 0.1) is 0 Å². The van der Waals surface area contributed by atoms with Crippen molar-refractivity contribution in [3.63, 3.8) is 0 Å². The molecule has 2 heterocycles. The summed E-state index contributed by atoms with van der Waals surface area (Å²) in [6, 6.07) is 9.53. The Morgan fingerprint density at radius 1 is 1.15 bits per heavy atom. The molecule has 1 N–H and O–H groups in total. The smallest absolute Gasteiger partial charge is 0.303 e. The van der Waals surface area contributed by atoms with E-state index in [0.29, 0.717) is 24.3 Å². The number of imide groups is 1. The number of carboxylic acids is 1. The first-order chi connectivity index (χ1) is 13.0. The van der Waals surface area contributed by atoms with Crippen LogP contribution in [0.5, 0.6) is 0 Å². The highest BCUT2D eigenvalue weighted by Gasteiger charge is 2.34. The van der Waals surface area contributed by atoms with Gasteiger partial charge in [-0.05, 0) is 54.4 Å². The summed E-state index contributed by atoms with van der Waals surface area (Å²) in [5.41, 5.74) is 1.74. The van der Waals surface area contributed by atoms with Gasteiger partial charge in [0.25, 0.3) is 11.1 Å². The van der Waals surface area contributed by atoms with Crippen molar-refractivity contribution in [2.45, 2.75) is 32.1 Å². The quantitative estimate of drug-likeness (QED) is 0.539. The van der Waals surface area contributed by atoms with E-state index in [4.69, 9.17) is 5.11 Å². The van der Waals surface area contributed by atoms with E-state index in [-0.39, 0.29) is 17.6 Å². The van der Waals surface area contributed by atoms with Crippen LogP contribution in [0.15, 0.2) is 41.4 Å². The summed E-state index contributed by atoms with van der Waals surface area (Å²) in [6.45, 7) is 0.372. The number of nitrogens with zero attached hydrogens (tertiary/aromatic N) is 2. The monoisotopic (exact) mass is 384 g/mol. The highest BCUT2D eigenvalue weighted by atomic mass is 32.2. The molecule has 0 unspecified atom stereocenters. The first-order valence-corrected chi connectivity index (χ1v) is 9.68. The molecule has 0 bridgehead atoms. The Bertz CT molecular complexity index is 910. The molecule has 1 fully saturated rings. The van der Waals surface area contributed by atoms with Gasteiger partial charge < -0.3 is 5.11 Å². The Hall–Kier alpha value is -2.67. The highest BCUT2D eigenvalue weighted by Crippen LogP contribution is 2.32. The second-order valence-electron chi connectivity index (χ2n) is 6.35. The number of benzene rings is 1. The number of aliphatic carboxylic acids is 1. The maximum atomic E-state index is 12.5. The molecule has 140 valence electrons. The minimum atomic E-state index is -0.796. The van der Waals surface area contributed by atoms with E-state index in [1.807, 2.05) is 30.3 Å². The standard InChI is InChI=1S/C20H20N2O4S/c23-18(24)7-3-1-2-4-11-22-19(25)17(27-20(22)26)13-14-8-9-16-15(12-14)6-5-10-21-16/h5-6,8-10,12-13H,1-4,7,11H2,(H,23,24)/b17-13-. The predicted molar refractivity (Wildman–Crippen MR) is 105 cm³/mol. The van der Waals surface area contributed by atoms with Gasteiger partial charge >= 0.3 is 5.97 Å². The van der Waals surface area contributed by atoms with Crippen molar-refractivity contribution in [3.8, 4) is 0 Å². The number of amides is 2. The van der Waals surface area contributed by atoms with Crippen LogP contribution in [0.25, 0.3) is 17.0 Å². The number of hydrogen-bond acceptors (Lipinski definition) is 5. The molecule has 7 heteroatoms. The molecule has 1 aliphatic rings. The minimum Gasteiger partial charge on any atom is -0.481 e. The van der Waals surface area contributed by atoms with Crippen LogP contribution in [0.4, 0.5) is 4.79 Å². The maximum Gasteiger partial charge on any atom is 0.303 e. The lowest BCUT2D eigenvalue weighted by atomic mass is 10.1. The third-order valence-corrected chi connectivity index (χ3v) is 5.23. The number of carbonyl (C=O) groups is 3. The molecule has 0 aliphatic carbocycles. The van der Waals surface area contributed by atoms with Crippen LogP contribution in [0.2, 0.25) is 0 Å². The summed E-state index contributed by atoms with van der Waals surface area (Å²) in [4.78, 5) is 41.1. The second kappa shape index (κ2) is 8.81. The van der Waals surface area contributed by atoms with Crippen molar-refractivity contribution in [1.29, 1.82) is 0 Å². The van der Waals surface area contributed by atoms with E-state index < -0.39 is 5.97 Å². The Morgan fingerprint density at radius 3 is 2.78 bits per heavy atom. The Labute approximate surface area is 161 Å². The minimum absolute atomic E-state index is 0.158. The van der Waals surface area contributed by atoms with Crippen LogP contribution in [0.1, 0.15) is 37.7 Å². The molecule has 1 aromatic carbocycles. The average Bonchev–Trinajstić information content (AvgIpc) is 2.91. The summed E-state index contributed by atoms with van der Waals surface area (Å²) in [6.07, 6.45) is 6.51. The van der Waals surface area contributed by atoms with E-state index in [2.05, 4.69) is 4.98 Å². The predicted octanol–water partition coefficient (Wildman–Crippen LogP) is 4.31. The van der Waals surface area contributed by atoms with Crippen LogP contribution >= 0.6 is 11.8 Å². The average molecular weight is 384 g/mol. The summed E-state index contributed by atoms with van der Waals surface area (Å²) >= 11 is 0.959. The summed E-state index contributed by atoms with van der Waals surface area (Å²) in [5.74, 6) is -1.06. The van der Waals surface area contributed by atoms with Crippen molar-refractivity contribution >= 4 is 45.9 Å². The fourth-order valence-electron chi connectivity index (χ4n) is 2.93. The fraction of sp³-hybridized carbons (Fsp3) is 0.300. The first kappa shape index (κ1) is 19.1. The third kappa shape index (κ3) is 4.95. The largest absolute Gasteiger partial charge is 0.481 e. The lowest BCUT2D eigenvalue weighted by molar-refractivity contribution is -0.137. The molecule has 0 saturated carbocycles. The molecule has 0 atom stereocenters. The third-order valence-electron chi connectivity index (χ3n) is 4.32. The Kier molecular flexibility index (Phi) is 6.24. The van der Waals surface area contributed by atoms with Crippen molar-refractivity contribution in [1.82, 2.24) is 9.88 Å². The van der Waals surface area contributed by atoms with Crippen molar-refractivity contribution < 1.29 is 19.5 Å². The van der Waals surface area contributed by atoms with Crippen molar-refractivity contribution in [3.05, 3.63) is 47.0 Å². The number of unbranched alkanes of at least 4 members (excludes halogenated alkanes) is 3. The van der Waals surface area contributed by atoms with Gasteiger partial charge in [-0.3, -0.25) is 24.3 Å². The summed E-state index contributed by atoms with van der Waals surface area (Å²) in [7, 11) is 0. The Balaban J connectivity index is 1.59. The van der Waals surface area contributed by atoms with Crippen LogP contribution in [-0.2, 0) is 9.59 Å². The molecule has 0 radical (unpaired) electrons. The van der Waals surface area contributed by atoms with Gasteiger partial charge in [0.2, 0.25) is 0 Å². The fourth-order valence-corrected chi connectivity index (χ4v) is 3.79. The summed E-state index contributed by atoms with van der Waals surface area (Å²) in [5, 5.41) is 9.34. The van der Waals surface area contributed by atoms with E-state index in [9.17, 15) is 14.4 Å². The molecular formula is C20H20N2O4S. The number of thioether (sulfide) groups is 1. The molecular weight excluding hydrogens is 364 g/mol. The molecule has 1 aromatic heterocycles. The molecule has 1 saturated heterocycles. The number of pyridine rings is 1. The zero-order valence-electron chi connectivity index (χ0n) is 14.8. The second-order valence-corrected chi connectivity index (χ2v) is 7.34. The van der Waals surface area contributed by atoms with E-state index in [1.165, 1.54) is 4.90 Å². The Morgan fingerprint density at radius 2 is 1.96 bits per heavy atom. The molecule has 0 spiro atoms. The lowest BCUT2D eigenvalue weighted by Gasteiger charge is -2.11. The molecule has 2 aromatic rings. The topological polar surface area (TPSA) is 87.6 Å². The zero-order chi connectivity index (χ0) is 19.2. The molecule has 6 nitrogen and oxygen atoms in total. The van der Waals surface area contributed by atoms with Gasteiger partial charge in [-0.1, -0.05) is 25.0 Å². The van der Waals surface area contributed by atoms with Gasteiger partial charge in [0.15, 0.2) is 0 Å². The first-order valence-electron chi connectivity index (χ1n) is 8.86. The molecule has 3 rings (SSSR count). The van der Waals surface area contributed by atoms with Crippen molar-refractivity contribution in [2.75, 3.05) is 6.54 Å². The number of carboxylic acid groups (broad SMARTS) is 1. The van der Waals surface area contributed by atoms with Crippen LogP contribution < -0.4 is 0 Å². The summed E-state index contributed by atoms with van der Waals surface area (Å²) < 4.78 is 0. The highest BCUT2D eigenvalue weighted by molar-refractivity contribution is 8.18. The van der Waals surface area contributed by atoms with Gasteiger partial charge in [0.05, 0.1) is 10.4 Å². The van der Waals surface area contributed by atoms with Crippen molar-refractivity contribution in [2.24, 2.45) is 0 Å². The number of hydrogen-bond donors (Lipinski definition) is 1. The molecule has 27 heavy (non-hydrogen) atoms. The van der Waals surface area contributed by atoms with Gasteiger partial charge in [-0.25, -0.2) is 0 Å². The lowest BCUT2D eigenvalue weighted by Crippen LogP contribution is -2.29. The van der Waals surface area contributed by atoms with Gasteiger partial charge in [0, 0.05) is 24.5 Å². The van der Waals surface area contributed by atoms with E-state index >= 15 is 0 Å². The number of carbonyl (C=O) groups excluding carboxylic acids is 2. The van der Waals surface area contributed by atoms with Crippen LogP contribution in [-0.4, -0.2) is 38.7 Å². The van der Waals surface area contributed by atoms with E-state index in [1.54, 1.807) is 12.3 Å².